The maximum Gasteiger partial charge on any atom is 0.251 e. The summed E-state index contributed by atoms with van der Waals surface area (Å²) >= 11 is 1.59. The number of rotatable bonds is 5. The molecule has 26 heavy (non-hydrogen) atoms. The molecule has 0 fully saturated rings. The molecule has 0 bridgehead atoms. The molecular formula is C20H23N3O2S. The second kappa shape index (κ2) is 7.93. The molecule has 6 heteroatoms. The number of benzene rings is 2. The SMILES string of the molecule is CC1(c2cccc(CNC(=O)c3ccc(CO)cc3)c2)CCSC(N)=N1. The normalized spacial score (nSPS) is 19.7. The van der Waals surface area contributed by atoms with Gasteiger partial charge in [0.25, 0.3) is 5.91 Å². The Bertz CT molecular complexity index is 820. The van der Waals surface area contributed by atoms with Crippen molar-refractivity contribution < 1.29 is 9.90 Å². The van der Waals surface area contributed by atoms with Crippen LogP contribution < -0.4 is 11.1 Å². The first kappa shape index (κ1) is 18.5. The number of aliphatic hydroxyl groups is 1. The topological polar surface area (TPSA) is 87.7 Å². The number of nitrogens with two attached hydrogens (primary N) is 1. The third-order valence-corrected chi connectivity index (χ3v) is 5.39. The van der Waals surface area contributed by atoms with Crippen LogP contribution in [0, 0.1) is 0 Å². The number of aliphatic hydroxyl groups excluding tert-OH is 1. The van der Waals surface area contributed by atoms with Gasteiger partial charge in [0.1, 0.15) is 0 Å². The van der Waals surface area contributed by atoms with Crippen LogP contribution in [-0.4, -0.2) is 21.9 Å². The van der Waals surface area contributed by atoms with E-state index in [1.807, 2.05) is 12.1 Å². The fourth-order valence-corrected chi connectivity index (χ4v) is 3.93. The molecule has 0 spiro atoms. The summed E-state index contributed by atoms with van der Waals surface area (Å²) in [5.74, 6) is 0.818. The second-order valence-corrected chi connectivity index (χ2v) is 7.68. The quantitative estimate of drug-likeness (QED) is 0.756. The zero-order valence-corrected chi connectivity index (χ0v) is 15.6. The van der Waals surface area contributed by atoms with Gasteiger partial charge >= 0.3 is 0 Å². The van der Waals surface area contributed by atoms with Crippen LogP contribution in [0.4, 0.5) is 0 Å². The molecule has 3 rings (SSSR count). The summed E-state index contributed by atoms with van der Waals surface area (Å²) in [5, 5.41) is 12.6. The highest BCUT2D eigenvalue weighted by Gasteiger charge is 2.29. The van der Waals surface area contributed by atoms with Crippen molar-refractivity contribution in [3.05, 3.63) is 70.8 Å². The molecule has 0 aromatic heterocycles. The van der Waals surface area contributed by atoms with Crippen LogP contribution in [0.1, 0.15) is 40.4 Å². The summed E-state index contributed by atoms with van der Waals surface area (Å²) in [7, 11) is 0. The highest BCUT2D eigenvalue weighted by molar-refractivity contribution is 8.13. The number of hydrogen-bond acceptors (Lipinski definition) is 5. The Balaban J connectivity index is 1.69. The maximum atomic E-state index is 12.3. The van der Waals surface area contributed by atoms with Crippen LogP contribution in [0.2, 0.25) is 0 Å². The van der Waals surface area contributed by atoms with Gasteiger partial charge in [0.05, 0.1) is 12.1 Å². The molecule has 0 saturated heterocycles. The number of amides is 1. The maximum absolute atomic E-state index is 12.3. The second-order valence-electron chi connectivity index (χ2n) is 6.56. The van der Waals surface area contributed by atoms with Gasteiger partial charge in [-0.1, -0.05) is 48.2 Å². The molecule has 1 amide bonds. The summed E-state index contributed by atoms with van der Waals surface area (Å²) in [6, 6.07) is 15.1. The van der Waals surface area contributed by atoms with E-state index in [0.29, 0.717) is 17.3 Å². The molecule has 1 aliphatic heterocycles. The summed E-state index contributed by atoms with van der Waals surface area (Å²) in [6.45, 7) is 2.51. The zero-order valence-electron chi connectivity index (χ0n) is 14.7. The van der Waals surface area contributed by atoms with Crippen LogP contribution >= 0.6 is 11.8 Å². The molecule has 1 heterocycles. The van der Waals surface area contributed by atoms with Gasteiger partial charge in [0, 0.05) is 17.9 Å². The Labute approximate surface area is 157 Å². The number of carbonyl (C=O) groups excluding carboxylic acids is 1. The fourth-order valence-electron chi connectivity index (χ4n) is 2.96. The third-order valence-electron chi connectivity index (χ3n) is 4.60. The molecular weight excluding hydrogens is 346 g/mol. The lowest BCUT2D eigenvalue weighted by Gasteiger charge is -2.30. The van der Waals surface area contributed by atoms with Crippen LogP contribution in [0.3, 0.4) is 0 Å². The molecule has 5 nitrogen and oxygen atoms in total. The molecule has 1 aliphatic rings. The van der Waals surface area contributed by atoms with E-state index in [1.165, 1.54) is 0 Å². The number of amidine groups is 1. The van der Waals surface area contributed by atoms with E-state index in [9.17, 15) is 4.79 Å². The van der Waals surface area contributed by atoms with Gasteiger partial charge < -0.3 is 16.2 Å². The minimum atomic E-state index is -0.310. The Hall–Kier alpha value is -2.31. The van der Waals surface area contributed by atoms with Gasteiger partial charge in [0.15, 0.2) is 5.17 Å². The summed E-state index contributed by atoms with van der Waals surface area (Å²) in [4.78, 5) is 16.9. The highest BCUT2D eigenvalue weighted by Crippen LogP contribution is 2.35. The number of nitrogens with zero attached hydrogens (tertiary/aromatic N) is 1. The van der Waals surface area contributed by atoms with Gasteiger partial charge in [-0.05, 0) is 42.2 Å². The first-order valence-corrected chi connectivity index (χ1v) is 9.54. The van der Waals surface area contributed by atoms with E-state index in [4.69, 9.17) is 10.8 Å². The highest BCUT2D eigenvalue weighted by atomic mass is 32.2. The lowest BCUT2D eigenvalue weighted by molar-refractivity contribution is 0.0951. The van der Waals surface area contributed by atoms with Gasteiger partial charge in [-0.3, -0.25) is 9.79 Å². The van der Waals surface area contributed by atoms with Crippen molar-refractivity contribution in [3.8, 4) is 0 Å². The van der Waals surface area contributed by atoms with E-state index < -0.39 is 0 Å². The average Bonchev–Trinajstić information content (AvgIpc) is 2.66. The number of aliphatic imine (C=N–C) groups is 1. The van der Waals surface area contributed by atoms with E-state index >= 15 is 0 Å². The summed E-state index contributed by atoms with van der Waals surface area (Å²) in [5.41, 5.74) is 9.10. The Kier molecular flexibility index (Phi) is 5.64. The molecule has 136 valence electrons. The number of nitrogens with one attached hydrogen (secondary N) is 1. The van der Waals surface area contributed by atoms with Crippen LogP contribution in [0.5, 0.6) is 0 Å². The first-order chi connectivity index (χ1) is 12.5. The Morgan fingerprint density at radius 1 is 1.27 bits per heavy atom. The van der Waals surface area contributed by atoms with Crippen molar-refractivity contribution in [3.63, 3.8) is 0 Å². The summed E-state index contributed by atoms with van der Waals surface area (Å²) in [6.07, 6.45) is 0.936. The zero-order chi connectivity index (χ0) is 18.6. The largest absolute Gasteiger partial charge is 0.392 e. The van der Waals surface area contributed by atoms with Crippen LogP contribution in [0.25, 0.3) is 0 Å². The monoisotopic (exact) mass is 369 g/mol. The molecule has 2 aromatic carbocycles. The lowest BCUT2D eigenvalue weighted by Crippen LogP contribution is -2.29. The van der Waals surface area contributed by atoms with Gasteiger partial charge in [-0.25, -0.2) is 0 Å². The minimum absolute atomic E-state index is 0.0288. The van der Waals surface area contributed by atoms with E-state index in [2.05, 4.69) is 29.4 Å². The molecule has 0 saturated carbocycles. The van der Waals surface area contributed by atoms with Gasteiger partial charge in [0.2, 0.25) is 0 Å². The standard InChI is InChI=1S/C20H23N3O2S/c1-20(9-10-26-19(21)23-20)17-4-2-3-15(11-17)12-22-18(25)16-7-5-14(13-24)6-8-16/h2-8,11,24H,9-10,12-13H2,1H3,(H2,21,23)(H,22,25). The van der Waals surface area contributed by atoms with Gasteiger partial charge in [-0.15, -0.1) is 0 Å². The third kappa shape index (κ3) is 4.26. The van der Waals surface area contributed by atoms with E-state index in [0.717, 1.165) is 28.9 Å². The molecule has 0 aliphatic carbocycles. The molecule has 0 radical (unpaired) electrons. The first-order valence-electron chi connectivity index (χ1n) is 8.56. The van der Waals surface area contributed by atoms with Crippen molar-refractivity contribution >= 4 is 22.8 Å². The summed E-state index contributed by atoms with van der Waals surface area (Å²) < 4.78 is 0. The van der Waals surface area contributed by atoms with Gasteiger partial charge in [-0.2, -0.15) is 0 Å². The molecule has 1 unspecified atom stereocenters. The molecule has 4 N–H and O–H groups in total. The van der Waals surface area contributed by atoms with Crippen molar-refractivity contribution in [2.24, 2.45) is 10.7 Å². The van der Waals surface area contributed by atoms with Crippen molar-refractivity contribution in [1.82, 2.24) is 5.32 Å². The van der Waals surface area contributed by atoms with E-state index in [1.54, 1.807) is 36.0 Å². The Morgan fingerprint density at radius 3 is 2.73 bits per heavy atom. The van der Waals surface area contributed by atoms with E-state index in [-0.39, 0.29) is 18.1 Å². The Morgan fingerprint density at radius 2 is 2.04 bits per heavy atom. The predicted molar refractivity (Wildman–Crippen MR) is 106 cm³/mol. The number of hydrogen-bond donors (Lipinski definition) is 3. The van der Waals surface area contributed by atoms with Crippen LogP contribution in [0.15, 0.2) is 53.5 Å². The lowest BCUT2D eigenvalue weighted by atomic mass is 9.89. The number of thioether (sulfide) groups is 1. The van der Waals surface area contributed by atoms with Crippen molar-refractivity contribution in [2.75, 3.05) is 5.75 Å². The average molecular weight is 369 g/mol. The predicted octanol–water partition coefficient (Wildman–Crippen LogP) is 2.78. The fraction of sp³-hybridized carbons (Fsp3) is 0.300. The minimum Gasteiger partial charge on any atom is -0.392 e. The molecule has 1 atom stereocenters. The van der Waals surface area contributed by atoms with Crippen LogP contribution in [-0.2, 0) is 18.7 Å². The molecule has 2 aromatic rings. The number of carbonyl (C=O) groups is 1. The smallest absolute Gasteiger partial charge is 0.251 e. The van der Waals surface area contributed by atoms with Crippen molar-refractivity contribution in [1.29, 1.82) is 0 Å². The van der Waals surface area contributed by atoms with Crippen molar-refractivity contribution in [2.45, 2.75) is 32.0 Å².